The topological polar surface area (TPSA) is 126 Å². The van der Waals surface area contributed by atoms with Crippen molar-refractivity contribution in [1.82, 2.24) is 15.1 Å². The molecule has 166 valence electrons. The number of carboxylic acids is 1. The number of H-pyrrole nitrogens is 1. The lowest BCUT2D eigenvalue weighted by molar-refractivity contribution is 0.0692. The maximum absolute atomic E-state index is 14.7. The van der Waals surface area contributed by atoms with E-state index in [1.807, 2.05) is 13.0 Å². The number of nitrogens with zero attached hydrogens (tertiary/aromatic N) is 2. The Morgan fingerprint density at radius 3 is 2.62 bits per heavy atom. The molecular weight excluding hydrogens is 437 g/mol. The van der Waals surface area contributed by atoms with Crippen LogP contribution in [0.15, 0.2) is 40.9 Å². The smallest absolute Gasteiger partial charge is 0.352 e. The van der Waals surface area contributed by atoms with Gasteiger partial charge < -0.3 is 14.6 Å². The van der Waals surface area contributed by atoms with Crippen molar-refractivity contribution in [3.8, 4) is 11.1 Å². The molecule has 0 unspecified atom stereocenters. The van der Waals surface area contributed by atoms with Gasteiger partial charge in [-0.15, -0.1) is 0 Å². The zero-order valence-electron chi connectivity index (χ0n) is 17.5. The molecule has 4 rings (SSSR count). The summed E-state index contributed by atoms with van der Waals surface area (Å²) in [5, 5.41) is 14.4. The SMILES string of the molecule is Cc1nc([C@@H](C)c2cccc3c(-c4ccc(CS(C)(=O)=O)c(F)c4)c(C(=O)O)[nH]c23)no1. The molecule has 4 aromatic rings. The number of fused-ring (bicyclic) bond motifs is 1. The summed E-state index contributed by atoms with van der Waals surface area (Å²) in [5.74, 6) is -1.78. The predicted octanol–water partition coefficient (Wildman–Crippen LogP) is 4.06. The molecule has 2 N–H and O–H groups in total. The summed E-state index contributed by atoms with van der Waals surface area (Å²) < 4.78 is 42.8. The molecule has 2 heterocycles. The van der Waals surface area contributed by atoms with E-state index in [4.69, 9.17) is 4.52 Å². The summed E-state index contributed by atoms with van der Waals surface area (Å²) in [7, 11) is -3.42. The molecule has 0 bridgehead atoms. The highest BCUT2D eigenvalue weighted by atomic mass is 32.2. The molecule has 32 heavy (non-hydrogen) atoms. The largest absolute Gasteiger partial charge is 0.477 e. The van der Waals surface area contributed by atoms with Gasteiger partial charge in [-0.3, -0.25) is 0 Å². The van der Waals surface area contributed by atoms with Crippen LogP contribution in [-0.4, -0.2) is 40.9 Å². The summed E-state index contributed by atoms with van der Waals surface area (Å²) in [6, 6.07) is 9.41. The number of halogens is 1. The van der Waals surface area contributed by atoms with E-state index in [9.17, 15) is 22.7 Å². The predicted molar refractivity (Wildman–Crippen MR) is 116 cm³/mol. The van der Waals surface area contributed by atoms with Gasteiger partial charge in [0.15, 0.2) is 15.7 Å². The quantitative estimate of drug-likeness (QED) is 0.447. The first-order valence-electron chi connectivity index (χ1n) is 9.69. The van der Waals surface area contributed by atoms with E-state index in [0.717, 1.165) is 17.9 Å². The highest BCUT2D eigenvalue weighted by Gasteiger charge is 2.24. The van der Waals surface area contributed by atoms with Crippen LogP contribution in [0.4, 0.5) is 4.39 Å². The van der Waals surface area contributed by atoms with Crippen LogP contribution >= 0.6 is 0 Å². The maximum Gasteiger partial charge on any atom is 0.352 e. The third-order valence-corrected chi connectivity index (χ3v) is 6.07. The number of aryl methyl sites for hydroxylation is 1. The molecule has 0 aliphatic carbocycles. The molecular formula is C22H20FN3O5S. The Morgan fingerprint density at radius 2 is 2.03 bits per heavy atom. The number of benzene rings is 2. The van der Waals surface area contributed by atoms with Crippen LogP contribution < -0.4 is 0 Å². The van der Waals surface area contributed by atoms with Crippen molar-refractivity contribution in [3.05, 3.63) is 70.8 Å². The number of rotatable bonds is 6. The number of carbonyl (C=O) groups is 1. The minimum Gasteiger partial charge on any atom is -0.477 e. The van der Waals surface area contributed by atoms with Crippen molar-refractivity contribution >= 4 is 26.7 Å². The van der Waals surface area contributed by atoms with Gasteiger partial charge in [-0.1, -0.05) is 42.4 Å². The number of carboxylic acid groups (broad SMARTS) is 1. The third kappa shape index (κ3) is 4.01. The van der Waals surface area contributed by atoms with Gasteiger partial charge in [-0.2, -0.15) is 4.98 Å². The maximum atomic E-state index is 14.7. The van der Waals surface area contributed by atoms with E-state index in [-0.39, 0.29) is 17.2 Å². The molecule has 0 fully saturated rings. The summed E-state index contributed by atoms with van der Waals surface area (Å²) in [5.41, 5.74) is 1.88. The van der Waals surface area contributed by atoms with E-state index in [1.54, 1.807) is 19.1 Å². The third-order valence-electron chi connectivity index (χ3n) is 5.24. The van der Waals surface area contributed by atoms with Crippen LogP contribution in [0.2, 0.25) is 0 Å². The minimum atomic E-state index is -3.42. The lowest BCUT2D eigenvalue weighted by Crippen LogP contribution is -2.03. The van der Waals surface area contributed by atoms with Gasteiger partial charge in [-0.05, 0) is 17.2 Å². The Morgan fingerprint density at radius 1 is 1.28 bits per heavy atom. The van der Waals surface area contributed by atoms with Gasteiger partial charge in [-0.25, -0.2) is 17.6 Å². The van der Waals surface area contributed by atoms with E-state index in [0.29, 0.717) is 33.7 Å². The lowest BCUT2D eigenvalue weighted by Gasteiger charge is -2.09. The van der Waals surface area contributed by atoms with Crippen LogP contribution in [0.1, 0.15) is 46.2 Å². The molecule has 8 nitrogen and oxygen atoms in total. The zero-order valence-corrected chi connectivity index (χ0v) is 18.3. The zero-order chi connectivity index (χ0) is 23.2. The molecule has 2 aromatic heterocycles. The normalized spacial score (nSPS) is 12.9. The van der Waals surface area contributed by atoms with Gasteiger partial charge in [0.25, 0.3) is 0 Å². The highest BCUT2D eigenvalue weighted by molar-refractivity contribution is 7.89. The Hall–Kier alpha value is -3.53. The number of aromatic carboxylic acids is 1. The van der Waals surface area contributed by atoms with Crippen LogP contribution in [0.3, 0.4) is 0 Å². The number of hydrogen-bond donors (Lipinski definition) is 2. The van der Waals surface area contributed by atoms with Gasteiger partial charge in [0.1, 0.15) is 11.5 Å². The molecule has 0 radical (unpaired) electrons. The van der Waals surface area contributed by atoms with Crippen molar-refractivity contribution in [1.29, 1.82) is 0 Å². The van der Waals surface area contributed by atoms with Crippen LogP contribution in [0, 0.1) is 12.7 Å². The standard InChI is InChI=1S/C22H20FN3O5S/c1-11(21-24-12(2)31-26-21)15-5-4-6-16-18(20(22(27)28)25-19(15)16)13-7-8-14(17(23)9-13)10-32(3,29)30/h4-9,11,25H,10H2,1-3H3,(H,27,28)/t11-/m0/s1. The van der Waals surface area contributed by atoms with E-state index in [2.05, 4.69) is 15.1 Å². The molecule has 1 atom stereocenters. The first-order valence-corrected chi connectivity index (χ1v) is 11.8. The molecule has 0 amide bonds. The Kier molecular flexibility index (Phi) is 5.33. The van der Waals surface area contributed by atoms with Gasteiger partial charge >= 0.3 is 5.97 Å². The molecule has 0 aliphatic rings. The van der Waals surface area contributed by atoms with Crippen molar-refractivity contribution in [2.45, 2.75) is 25.5 Å². The number of aromatic amines is 1. The second kappa shape index (κ2) is 7.86. The summed E-state index contributed by atoms with van der Waals surface area (Å²) in [4.78, 5) is 19.2. The summed E-state index contributed by atoms with van der Waals surface area (Å²) in [6.45, 7) is 3.56. The monoisotopic (exact) mass is 457 g/mol. The van der Waals surface area contributed by atoms with Gasteiger partial charge in [0, 0.05) is 35.6 Å². The van der Waals surface area contributed by atoms with E-state index < -0.39 is 27.4 Å². The molecule has 0 saturated heterocycles. The molecule has 0 saturated carbocycles. The molecule has 10 heteroatoms. The average molecular weight is 457 g/mol. The summed E-state index contributed by atoms with van der Waals surface area (Å²) >= 11 is 0. The van der Waals surface area contributed by atoms with E-state index >= 15 is 0 Å². The minimum absolute atomic E-state index is 0.0229. The first kappa shape index (κ1) is 21.7. The Labute approximate surface area is 183 Å². The Balaban J connectivity index is 1.89. The van der Waals surface area contributed by atoms with Crippen molar-refractivity contribution in [2.24, 2.45) is 0 Å². The number of sulfone groups is 1. The van der Waals surface area contributed by atoms with Crippen molar-refractivity contribution in [3.63, 3.8) is 0 Å². The molecule has 0 spiro atoms. The first-order chi connectivity index (χ1) is 15.0. The second-order valence-electron chi connectivity index (χ2n) is 7.72. The van der Waals surface area contributed by atoms with E-state index in [1.165, 1.54) is 12.1 Å². The fourth-order valence-electron chi connectivity index (χ4n) is 3.79. The number of nitrogens with one attached hydrogen (secondary N) is 1. The number of para-hydroxylation sites is 1. The average Bonchev–Trinajstić information content (AvgIpc) is 3.31. The fraction of sp³-hybridized carbons (Fsp3) is 0.227. The fourth-order valence-corrected chi connectivity index (χ4v) is 4.59. The Bertz CT molecular complexity index is 1460. The highest BCUT2D eigenvalue weighted by Crippen LogP contribution is 2.37. The second-order valence-corrected chi connectivity index (χ2v) is 9.86. The number of aromatic nitrogens is 3. The van der Waals surface area contributed by atoms with Crippen LogP contribution in [0.5, 0.6) is 0 Å². The van der Waals surface area contributed by atoms with Crippen LogP contribution in [-0.2, 0) is 15.6 Å². The molecule has 0 aliphatic heterocycles. The van der Waals surface area contributed by atoms with Crippen molar-refractivity contribution < 1.29 is 27.2 Å². The summed E-state index contributed by atoms with van der Waals surface area (Å²) in [6.07, 6.45) is 1.02. The van der Waals surface area contributed by atoms with Gasteiger partial charge in [0.05, 0.1) is 11.3 Å². The lowest BCUT2D eigenvalue weighted by atomic mass is 9.95. The molecule has 2 aromatic carbocycles. The van der Waals surface area contributed by atoms with Gasteiger partial charge in [0.2, 0.25) is 5.89 Å². The van der Waals surface area contributed by atoms with Crippen LogP contribution in [0.25, 0.3) is 22.0 Å². The van der Waals surface area contributed by atoms with Crippen molar-refractivity contribution in [2.75, 3.05) is 6.26 Å². The number of hydrogen-bond acceptors (Lipinski definition) is 6.